The van der Waals surface area contributed by atoms with Crippen molar-refractivity contribution >= 4 is 10.0 Å². The monoisotopic (exact) mass is 284 g/mol. The fourth-order valence-corrected chi connectivity index (χ4v) is 3.64. The number of nitrogens with one attached hydrogen (secondary N) is 1. The van der Waals surface area contributed by atoms with Gasteiger partial charge in [-0.25, -0.2) is 8.42 Å². The van der Waals surface area contributed by atoms with Gasteiger partial charge in [-0.15, -0.1) is 0 Å². The number of sulfonamides is 1. The average Bonchev–Trinajstić information content (AvgIpc) is 2.36. The summed E-state index contributed by atoms with van der Waals surface area (Å²) in [6.45, 7) is 9.83. The molecule has 1 rings (SSSR count). The molecule has 0 unspecified atom stereocenters. The van der Waals surface area contributed by atoms with Gasteiger partial charge in [-0.05, 0) is 38.1 Å². The number of rotatable bonds is 7. The normalized spacial score (nSPS) is 12.3. The quantitative estimate of drug-likeness (QED) is 0.835. The van der Waals surface area contributed by atoms with Crippen LogP contribution in [-0.2, 0) is 16.6 Å². The molecule has 1 aromatic carbocycles. The Balaban J connectivity index is 2.96. The fourth-order valence-electron chi connectivity index (χ4n) is 2.00. The van der Waals surface area contributed by atoms with Gasteiger partial charge >= 0.3 is 0 Å². The van der Waals surface area contributed by atoms with Crippen LogP contribution in [0.25, 0.3) is 0 Å². The van der Waals surface area contributed by atoms with Crippen LogP contribution in [0.15, 0.2) is 29.2 Å². The van der Waals surface area contributed by atoms with Gasteiger partial charge in [0.2, 0.25) is 10.0 Å². The average molecular weight is 284 g/mol. The van der Waals surface area contributed by atoms with Crippen LogP contribution < -0.4 is 5.32 Å². The van der Waals surface area contributed by atoms with E-state index in [4.69, 9.17) is 0 Å². The van der Waals surface area contributed by atoms with Crippen LogP contribution in [0.1, 0.15) is 33.3 Å². The minimum Gasteiger partial charge on any atom is -0.313 e. The van der Waals surface area contributed by atoms with Crippen LogP contribution in [0.4, 0.5) is 0 Å². The van der Waals surface area contributed by atoms with E-state index in [1.807, 2.05) is 39.8 Å². The van der Waals surface area contributed by atoms with E-state index in [2.05, 4.69) is 5.32 Å². The van der Waals surface area contributed by atoms with E-state index in [0.29, 0.717) is 11.4 Å². The third-order valence-electron chi connectivity index (χ3n) is 3.00. The molecule has 0 aliphatic carbocycles. The van der Waals surface area contributed by atoms with Crippen molar-refractivity contribution in [1.29, 1.82) is 0 Å². The first-order valence-electron chi connectivity index (χ1n) is 6.75. The van der Waals surface area contributed by atoms with Gasteiger partial charge < -0.3 is 5.32 Å². The number of hydrogen-bond donors (Lipinski definition) is 1. The largest absolute Gasteiger partial charge is 0.313 e. The van der Waals surface area contributed by atoms with E-state index >= 15 is 0 Å². The molecule has 0 bridgehead atoms. The molecule has 0 aromatic heterocycles. The van der Waals surface area contributed by atoms with Gasteiger partial charge in [0.05, 0.1) is 4.90 Å². The van der Waals surface area contributed by atoms with Gasteiger partial charge in [-0.1, -0.05) is 26.0 Å². The van der Waals surface area contributed by atoms with E-state index in [-0.39, 0.29) is 6.04 Å². The summed E-state index contributed by atoms with van der Waals surface area (Å²) in [5.74, 6) is 0. The van der Waals surface area contributed by atoms with Gasteiger partial charge in [0, 0.05) is 19.1 Å². The molecule has 1 aromatic rings. The number of nitrogens with zero attached hydrogens (tertiary/aromatic N) is 1. The second-order valence-electron chi connectivity index (χ2n) is 4.73. The van der Waals surface area contributed by atoms with E-state index in [1.165, 1.54) is 4.31 Å². The van der Waals surface area contributed by atoms with E-state index in [1.54, 1.807) is 12.1 Å². The maximum Gasteiger partial charge on any atom is 0.243 e. The van der Waals surface area contributed by atoms with E-state index < -0.39 is 10.0 Å². The first-order chi connectivity index (χ1) is 8.93. The van der Waals surface area contributed by atoms with Crippen LogP contribution in [-0.4, -0.2) is 31.9 Å². The predicted molar refractivity (Wildman–Crippen MR) is 78.5 cm³/mol. The molecule has 4 nitrogen and oxygen atoms in total. The van der Waals surface area contributed by atoms with Crippen molar-refractivity contribution in [1.82, 2.24) is 9.62 Å². The van der Waals surface area contributed by atoms with Gasteiger partial charge in [-0.3, -0.25) is 0 Å². The summed E-state index contributed by atoms with van der Waals surface area (Å²) in [5.41, 5.74) is 1.09. The van der Waals surface area contributed by atoms with E-state index in [9.17, 15) is 8.42 Å². The van der Waals surface area contributed by atoms with Crippen LogP contribution in [0.2, 0.25) is 0 Å². The zero-order valence-electron chi connectivity index (χ0n) is 12.2. The minimum atomic E-state index is -3.37. The zero-order valence-corrected chi connectivity index (χ0v) is 13.0. The lowest BCUT2D eigenvalue weighted by Crippen LogP contribution is -2.36. The lowest BCUT2D eigenvalue weighted by molar-refractivity contribution is 0.369. The van der Waals surface area contributed by atoms with Crippen LogP contribution in [0, 0.1) is 0 Å². The lowest BCUT2D eigenvalue weighted by atomic mass is 10.2. The SMILES string of the molecule is CCNCc1ccc(S(=O)(=O)N(CC)C(C)C)cc1. The Morgan fingerprint density at radius 3 is 2.16 bits per heavy atom. The van der Waals surface area contributed by atoms with Crippen molar-refractivity contribution in [3.8, 4) is 0 Å². The number of benzene rings is 1. The summed E-state index contributed by atoms with van der Waals surface area (Å²) >= 11 is 0. The summed E-state index contributed by atoms with van der Waals surface area (Å²) in [6.07, 6.45) is 0. The summed E-state index contributed by atoms with van der Waals surface area (Å²) < 4.78 is 26.4. The third kappa shape index (κ3) is 4.03. The molecule has 108 valence electrons. The zero-order chi connectivity index (χ0) is 14.5. The molecular weight excluding hydrogens is 260 g/mol. The van der Waals surface area contributed by atoms with Crippen molar-refractivity contribution in [2.45, 2.75) is 45.2 Å². The van der Waals surface area contributed by atoms with E-state index in [0.717, 1.165) is 18.7 Å². The topological polar surface area (TPSA) is 49.4 Å². The molecule has 0 aliphatic rings. The highest BCUT2D eigenvalue weighted by Crippen LogP contribution is 2.18. The molecule has 0 spiro atoms. The van der Waals surface area contributed by atoms with Gasteiger partial charge in [0.15, 0.2) is 0 Å². The first-order valence-corrected chi connectivity index (χ1v) is 8.19. The highest BCUT2D eigenvalue weighted by atomic mass is 32.2. The summed E-state index contributed by atoms with van der Waals surface area (Å²) in [5, 5.41) is 3.22. The second-order valence-corrected chi connectivity index (χ2v) is 6.62. The molecule has 0 fully saturated rings. The Morgan fingerprint density at radius 1 is 1.16 bits per heavy atom. The Kier molecular flexibility index (Phi) is 5.97. The lowest BCUT2D eigenvalue weighted by Gasteiger charge is -2.24. The molecule has 0 amide bonds. The second kappa shape index (κ2) is 7.03. The minimum absolute atomic E-state index is 0.0311. The van der Waals surface area contributed by atoms with Crippen LogP contribution in [0.5, 0.6) is 0 Å². The van der Waals surface area contributed by atoms with Crippen molar-refractivity contribution < 1.29 is 8.42 Å². The summed E-state index contributed by atoms with van der Waals surface area (Å²) in [4.78, 5) is 0.364. The van der Waals surface area contributed by atoms with Crippen molar-refractivity contribution in [2.75, 3.05) is 13.1 Å². The van der Waals surface area contributed by atoms with Gasteiger partial charge in [0.1, 0.15) is 0 Å². The molecule has 0 atom stereocenters. The summed E-state index contributed by atoms with van der Waals surface area (Å²) in [6, 6.07) is 7.07. The first kappa shape index (κ1) is 16.1. The molecule has 1 N–H and O–H groups in total. The molecule has 0 heterocycles. The van der Waals surface area contributed by atoms with Crippen molar-refractivity contribution in [2.24, 2.45) is 0 Å². The maximum absolute atomic E-state index is 12.4. The Hall–Kier alpha value is -0.910. The number of hydrogen-bond acceptors (Lipinski definition) is 3. The fraction of sp³-hybridized carbons (Fsp3) is 0.571. The molecule has 0 saturated carbocycles. The molecule has 0 radical (unpaired) electrons. The van der Waals surface area contributed by atoms with Gasteiger partial charge in [0.25, 0.3) is 0 Å². The molecular formula is C14H24N2O2S. The molecule has 0 aliphatic heterocycles. The third-order valence-corrected chi connectivity index (χ3v) is 5.16. The maximum atomic E-state index is 12.4. The smallest absolute Gasteiger partial charge is 0.243 e. The Bertz CT molecular complexity index is 481. The predicted octanol–water partition coefficient (Wildman–Crippen LogP) is 2.22. The molecule has 0 saturated heterocycles. The summed E-state index contributed by atoms with van der Waals surface area (Å²) in [7, 11) is -3.37. The molecule has 5 heteroatoms. The van der Waals surface area contributed by atoms with Crippen molar-refractivity contribution in [3.05, 3.63) is 29.8 Å². The Morgan fingerprint density at radius 2 is 1.74 bits per heavy atom. The van der Waals surface area contributed by atoms with Crippen LogP contribution >= 0.6 is 0 Å². The van der Waals surface area contributed by atoms with Gasteiger partial charge in [-0.2, -0.15) is 4.31 Å². The molecule has 19 heavy (non-hydrogen) atoms. The highest BCUT2D eigenvalue weighted by Gasteiger charge is 2.25. The van der Waals surface area contributed by atoms with Crippen molar-refractivity contribution in [3.63, 3.8) is 0 Å². The Labute approximate surface area is 116 Å². The van der Waals surface area contributed by atoms with Crippen LogP contribution in [0.3, 0.4) is 0 Å². The highest BCUT2D eigenvalue weighted by molar-refractivity contribution is 7.89. The standard InChI is InChI=1S/C14H24N2O2S/c1-5-15-11-13-7-9-14(10-8-13)19(17,18)16(6-2)12(3)4/h7-10,12,15H,5-6,11H2,1-4H3.